The van der Waals surface area contributed by atoms with E-state index >= 15 is 0 Å². The fourth-order valence-electron chi connectivity index (χ4n) is 2.58. The predicted octanol–water partition coefficient (Wildman–Crippen LogP) is 5.38. The minimum atomic E-state index is 0.204. The smallest absolute Gasteiger partial charge is 0.123 e. The zero-order valence-corrected chi connectivity index (χ0v) is 13.4. The van der Waals surface area contributed by atoms with E-state index in [0.29, 0.717) is 21.2 Å². The first-order valence-corrected chi connectivity index (χ1v) is 7.69. The van der Waals surface area contributed by atoms with Gasteiger partial charge in [-0.1, -0.05) is 35.3 Å². The van der Waals surface area contributed by atoms with E-state index in [1.54, 1.807) is 18.2 Å². The largest absolute Gasteiger partial charge is 0.490 e. The van der Waals surface area contributed by atoms with Crippen LogP contribution in [0, 0.1) is 11.3 Å². The molecule has 0 bridgehead atoms. The summed E-state index contributed by atoms with van der Waals surface area (Å²) in [6.07, 6.45) is 2.93. The van der Waals surface area contributed by atoms with Crippen LogP contribution in [0.15, 0.2) is 36.4 Å². The molecule has 0 fully saturated rings. The van der Waals surface area contributed by atoms with Crippen molar-refractivity contribution >= 4 is 34.9 Å². The molecular weight excluding hydrogens is 317 g/mol. The minimum Gasteiger partial charge on any atom is -0.490 e. The first kappa shape index (κ1) is 15.0. The van der Waals surface area contributed by atoms with Crippen molar-refractivity contribution in [1.29, 1.82) is 5.26 Å². The van der Waals surface area contributed by atoms with Gasteiger partial charge in [0.25, 0.3) is 0 Å². The van der Waals surface area contributed by atoms with Crippen LogP contribution in [0.3, 0.4) is 0 Å². The SMILES string of the molecule is C[C@H]1Cc2cc(/C=C(\C#N)c3ccc(Cl)cc3Cl)ccc2O1. The highest BCUT2D eigenvalue weighted by Gasteiger charge is 2.18. The summed E-state index contributed by atoms with van der Waals surface area (Å²) in [7, 11) is 0. The molecule has 0 aliphatic carbocycles. The predicted molar refractivity (Wildman–Crippen MR) is 90.2 cm³/mol. The Morgan fingerprint density at radius 3 is 2.82 bits per heavy atom. The standard InChI is InChI=1S/C18H13Cl2NO/c1-11-6-13-7-12(2-5-18(13)22-11)8-14(10-21)16-4-3-15(19)9-17(16)20/h2-5,7-9,11H,6H2,1H3/b14-8+/t11-/m0/s1. The summed E-state index contributed by atoms with van der Waals surface area (Å²) < 4.78 is 5.69. The summed E-state index contributed by atoms with van der Waals surface area (Å²) in [6.45, 7) is 2.05. The second-order valence-electron chi connectivity index (χ2n) is 5.29. The van der Waals surface area contributed by atoms with E-state index in [9.17, 15) is 5.26 Å². The summed E-state index contributed by atoms with van der Waals surface area (Å²) in [4.78, 5) is 0. The first-order chi connectivity index (χ1) is 10.6. The van der Waals surface area contributed by atoms with Gasteiger partial charge in [0.2, 0.25) is 0 Å². The van der Waals surface area contributed by atoms with Gasteiger partial charge in [0.1, 0.15) is 11.9 Å². The van der Waals surface area contributed by atoms with Gasteiger partial charge < -0.3 is 4.74 Å². The lowest BCUT2D eigenvalue weighted by Crippen LogP contribution is -2.05. The first-order valence-electron chi connectivity index (χ1n) is 6.93. The third-order valence-corrected chi connectivity index (χ3v) is 4.12. The number of nitriles is 1. The van der Waals surface area contributed by atoms with Crippen molar-refractivity contribution in [2.75, 3.05) is 0 Å². The van der Waals surface area contributed by atoms with Crippen molar-refractivity contribution in [2.24, 2.45) is 0 Å². The molecule has 2 aromatic rings. The number of nitrogens with zero attached hydrogens (tertiary/aromatic N) is 1. The number of allylic oxidation sites excluding steroid dienone is 1. The van der Waals surface area contributed by atoms with Gasteiger partial charge in [-0.3, -0.25) is 0 Å². The molecule has 110 valence electrons. The summed E-state index contributed by atoms with van der Waals surface area (Å²) in [5.74, 6) is 0.924. The topological polar surface area (TPSA) is 33.0 Å². The van der Waals surface area contributed by atoms with Gasteiger partial charge in [-0.15, -0.1) is 0 Å². The normalized spacial score (nSPS) is 16.8. The van der Waals surface area contributed by atoms with E-state index in [0.717, 1.165) is 17.7 Å². The molecule has 2 aromatic carbocycles. The van der Waals surface area contributed by atoms with Crippen molar-refractivity contribution < 1.29 is 4.74 Å². The number of halogens is 2. The maximum Gasteiger partial charge on any atom is 0.123 e. The molecule has 1 atom stereocenters. The fourth-order valence-corrected chi connectivity index (χ4v) is 3.09. The molecule has 1 aliphatic rings. The molecule has 0 saturated carbocycles. The van der Waals surface area contributed by atoms with E-state index in [1.807, 2.05) is 25.1 Å². The van der Waals surface area contributed by atoms with Crippen LogP contribution in [0.1, 0.15) is 23.6 Å². The van der Waals surface area contributed by atoms with Crippen molar-refractivity contribution in [3.63, 3.8) is 0 Å². The lowest BCUT2D eigenvalue weighted by Gasteiger charge is -2.05. The molecule has 1 aliphatic heterocycles. The molecule has 22 heavy (non-hydrogen) atoms. The van der Waals surface area contributed by atoms with E-state index in [4.69, 9.17) is 27.9 Å². The fraction of sp³-hybridized carbons (Fsp3) is 0.167. The monoisotopic (exact) mass is 329 g/mol. The molecule has 4 heteroatoms. The maximum absolute atomic E-state index is 9.44. The van der Waals surface area contributed by atoms with Gasteiger partial charge in [-0.2, -0.15) is 5.26 Å². The Bertz CT molecular complexity index is 805. The molecule has 0 saturated heterocycles. The third kappa shape index (κ3) is 2.97. The Hall–Kier alpha value is -1.95. The maximum atomic E-state index is 9.44. The molecule has 0 amide bonds. The van der Waals surface area contributed by atoms with Crippen LogP contribution >= 0.6 is 23.2 Å². The van der Waals surface area contributed by atoms with Gasteiger partial charge in [0.15, 0.2) is 0 Å². The summed E-state index contributed by atoms with van der Waals surface area (Å²) in [6, 6.07) is 13.3. The Morgan fingerprint density at radius 2 is 2.09 bits per heavy atom. The summed E-state index contributed by atoms with van der Waals surface area (Å²) in [5.41, 5.74) is 3.31. The number of hydrogen-bond acceptors (Lipinski definition) is 2. The van der Waals surface area contributed by atoms with E-state index < -0.39 is 0 Å². The lowest BCUT2D eigenvalue weighted by molar-refractivity contribution is 0.254. The average Bonchev–Trinajstić information content (AvgIpc) is 2.84. The number of ether oxygens (including phenoxy) is 1. The third-order valence-electron chi connectivity index (χ3n) is 3.57. The Morgan fingerprint density at radius 1 is 1.27 bits per heavy atom. The van der Waals surface area contributed by atoms with Gasteiger partial charge in [-0.25, -0.2) is 0 Å². The van der Waals surface area contributed by atoms with Gasteiger partial charge in [-0.05, 0) is 48.4 Å². The van der Waals surface area contributed by atoms with Crippen LogP contribution in [0.4, 0.5) is 0 Å². The molecule has 0 unspecified atom stereocenters. The highest BCUT2D eigenvalue weighted by molar-refractivity contribution is 6.36. The zero-order valence-electron chi connectivity index (χ0n) is 11.9. The molecule has 0 aromatic heterocycles. The number of fused-ring (bicyclic) bond motifs is 1. The van der Waals surface area contributed by atoms with E-state index in [2.05, 4.69) is 12.1 Å². The molecule has 0 radical (unpaired) electrons. The molecule has 2 nitrogen and oxygen atoms in total. The second kappa shape index (κ2) is 6.04. The highest BCUT2D eigenvalue weighted by Crippen LogP contribution is 2.32. The van der Waals surface area contributed by atoms with Crippen molar-refractivity contribution in [2.45, 2.75) is 19.4 Å². The Balaban J connectivity index is 1.99. The van der Waals surface area contributed by atoms with Gasteiger partial charge >= 0.3 is 0 Å². The Kier molecular flexibility index (Phi) is 4.11. The molecule has 0 N–H and O–H groups in total. The molecule has 0 spiro atoms. The van der Waals surface area contributed by atoms with E-state index in [-0.39, 0.29) is 6.10 Å². The van der Waals surface area contributed by atoms with Gasteiger partial charge in [0, 0.05) is 17.0 Å². The van der Waals surface area contributed by atoms with Gasteiger partial charge in [0.05, 0.1) is 16.7 Å². The van der Waals surface area contributed by atoms with E-state index in [1.165, 1.54) is 5.56 Å². The minimum absolute atomic E-state index is 0.204. The zero-order chi connectivity index (χ0) is 15.7. The van der Waals surface area contributed by atoms with Crippen LogP contribution in [-0.4, -0.2) is 6.10 Å². The van der Waals surface area contributed by atoms with Crippen molar-refractivity contribution in [1.82, 2.24) is 0 Å². The van der Waals surface area contributed by atoms with Crippen LogP contribution < -0.4 is 4.74 Å². The molecule has 3 rings (SSSR count). The van der Waals surface area contributed by atoms with Crippen LogP contribution in [-0.2, 0) is 6.42 Å². The van der Waals surface area contributed by atoms with Crippen LogP contribution in [0.2, 0.25) is 10.0 Å². The van der Waals surface area contributed by atoms with Crippen LogP contribution in [0.5, 0.6) is 5.75 Å². The summed E-state index contributed by atoms with van der Waals surface area (Å²) in [5, 5.41) is 10.5. The highest BCUT2D eigenvalue weighted by atomic mass is 35.5. The Labute approximate surface area is 139 Å². The van der Waals surface area contributed by atoms with Crippen molar-refractivity contribution in [3.05, 3.63) is 63.1 Å². The second-order valence-corrected chi connectivity index (χ2v) is 6.14. The number of hydrogen-bond donors (Lipinski definition) is 0. The van der Waals surface area contributed by atoms with Crippen molar-refractivity contribution in [3.8, 4) is 11.8 Å². The molecule has 1 heterocycles. The quantitative estimate of drug-likeness (QED) is 0.547. The molecular formula is C18H13Cl2NO. The average molecular weight is 330 g/mol. The number of rotatable bonds is 2. The summed E-state index contributed by atoms with van der Waals surface area (Å²) >= 11 is 12.1. The van der Waals surface area contributed by atoms with Crippen LogP contribution in [0.25, 0.3) is 11.6 Å². The lowest BCUT2D eigenvalue weighted by atomic mass is 10.0. The number of benzene rings is 2.